The Kier molecular flexibility index (Phi) is 9.07. The van der Waals surface area contributed by atoms with Crippen molar-refractivity contribution in [2.75, 3.05) is 13.2 Å². The molecule has 1 saturated heterocycles. The van der Waals surface area contributed by atoms with Crippen LogP contribution in [0.1, 0.15) is 64.4 Å². The molecular formula is C30H36F3N5O4. The lowest BCUT2D eigenvalue weighted by Gasteiger charge is -2.30. The van der Waals surface area contributed by atoms with Gasteiger partial charge in [-0.25, -0.2) is 17.9 Å². The van der Waals surface area contributed by atoms with Crippen LogP contribution in [-0.4, -0.2) is 67.2 Å². The van der Waals surface area contributed by atoms with Crippen LogP contribution in [0.25, 0.3) is 11.1 Å². The second-order valence-corrected chi connectivity index (χ2v) is 12.0. The van der Waals surface area contributed by atoms with E-state index in [1.807, 2.05) is 34.6 Å². The van der Waals surface area contributed by atoms with E-state index in [-0.39, 0.29) is 35.8 Å². The Bertz CT molecular complexity index is 1410. The van der Waals surface area contributed by atoms with Gasteiger partial charge in [-0.3, -0.25) is 9.59 Å². The number of nitrogens with zero attached hydrogens (tertiary/aromatic N) is 4. The number of likely N-dealkylation sites (tertiary alicyclic amines) is 1. The molecule has 3 N–H and O–H groups in total. The minimum absolute atomic E-state index is 0.00714. The van der Waals surface area contributed by atoms with Crippen LogP contribution >= 0.6 is 0 Å². The summed E-state index contributed by atoms with van der Waals surface area (Å²) >= 11 is 0. The zero-order valence-corrected chi connectivity index (χ0v) is 24.2. The van der Waals surface area contributed by atoms with E-state index in [1.165, 1.54) is 33.8 Å². The van der Waals surface area contributed by atoms with Gasteiger partial charge < -0.3 is 20.4 Å². The average molecular weight is 588 g/mol. The Labute approximate surface area is 242 Å². The molecule has 2 aromatic carbocycles. The number of carbonyl (C=O) groups excluding carboxylic acids is 2. The fourth-order valence-electron chi connectivity index (χ4n) is 5.14. The molecule has 0 saturated carbocycles. The molecule has 0 bridgehead atoms. The van der Waals surface area contributed by atoms with E-state index in [0.29, 0.717) is 23.4 Å². The molecule has 226 valence electrons. The van der Waals surface area contributed by atoms with Crippen LogP contribution in [0, 0.1) is 23.4 Å². The normalized spacial score (nSPS) is 18.8. The first kappa shape index (κ1) is 31.2. The molecular weight excluding hydrogens is 551 g/mol. The SMILES string of the molecule is CC(C)[C@@H](C(=O)N1C[C@H](O)C[C@H]1C(=O)N[C@@H](CO)c1ccc(-c2c(F)cc(F)cc2F)cc1)n1cc(C(C)(C)C)nn1. The highest BCUT2D eigenvalue weighted by molar-refractivity contribution is 5.90. The molecule has 0 unspecified atom stereocenters. The van der Waals surface area contributed by atoms with Gasteiger partial charge in [-0.1, -0.05) is 64.1 Å². The molecule has 12 heteroatoms. The van der Waals surface area contributed by atoms with E-state index >= 15 is 0 Å². The lowest BCUT2D eigenvalue weighted by atomic mass is 9.93. The summed E-state index contributed by atoms with van der Waals surface area (Å²) in [7, 11) is 0. The summed E-state index contributed by atoms with van der Waals surface area (Å²) in [6.45, 7) is 9.11. The van der Waals surface area contributed by atoms with E-state index in [2.05, 4.69) is 15.6 Å². The topological polar surface area (TPSA) is 121 Å². The van der Waals surface area contributed by atoms with E-state index < -0.39 is 59.8 Å². The molecule has 0 radical (unpaired) electrons. The highest BCUT2D eigenvalue weighted by Crippen LogP contribution is 2.30. The Morgan fingerprint density at radius 2 is 1.71 bits per heavy atom. The number of nitrogens with one attached hydrogen (secondary N) is 1. The van der Waals surface area contributed by atoms with E-state index in [0.717, 1.165) is 0 Å². The van der Waals surface area contributed by atoms with Crippen molar-refractivity contribution in [3.8, 4) is 11.1 Å². The molecule has 42 heavy (non-hydrogen) atoms. The van der Waals surface area contributed by atoms with Gasteiger partial charge in [0.25, 0.3) is 0 Å². The second-order valence-electron chi connectivity index (χ2n) is 12.0. The lowest BCUT2D eigenvalue weighted by molar-refractivity contribution is -0.142. The molecule has 3 aromatic rings. The summed E-state index contributed by atoms with van der Waals surface area (Å²) in [5.74, 6) is -4.31. The van der Waals surface area contributed by atoms with Gasteiger partial charge in [0.05, 0.1) is 30.0 Å². The minimum atomic E-state index is -1.06. The monoisotopic (exact) mass is 587 g/mol. The summed E-state index contributed by atoms with van der Waals surface area (Å²) in [5.41, 5.74) is 0.608. The zero-order valence-electron chi connectivity index (χ0n) is 24.2. The molecule has 9 nitrogen and oxygen atoms in total. The van der Waals surface area contributed by atoms with Gasteiger partial charge in [0.1, 0.15) is 29.5 Å². The number of benzene rings is 2. The van der Waals surface area contributed by atoms with Crippen LogP contribution in [0.2, 0.25) is 0 Å². The smallest absolute Gasteiger partial charge is 0.248 e. The van der Waals surface area contributed by atoms with Crippen LogP contribution < -0.4 is 5.32 Å². The van der Waals surface area contributed by atoms with E-state index in [1.54, 1.807) is 6.20 Å². The van der Waals surface area contributed by atoms with Crippen molar-refractivity contribution in [3.05, 3.63) is 71.3 Å². The first-order valence-electron chi connectivity index (χ1n) is 13.8. The van der Waals surface area contributed by atoms with Crippen molar-refractivity contribution in [3.63, 3.8) is 0 Å². The number of rotatable bonds is 8. The fourth-order valence-corrected chi connectivity index (χ4v) is 5.14. The Balaban J connectivity index is 1.53. The van der Waals surface area contributed by atoms with Gasteiger partial charge in [-0.05, 0) is 17.0 Å². The second kappa shape index (κ2) is 12.2. The van der Waals surface area contributed by atoms with Crippen LogP contribution in [0.3, 0.4) is 0 Å². The van der Waals surface area contributed by atoms with Gasteiger partial charge in [-0.15, -0.1) is 5.10 Å². The summed E-state index contributed by atoms with van der Waals surface area (Å²) in [6, 6.07) is 4.26. The molecule has 2 amide bonds. The Morgan fingerprint density at radius 1 is 1.10 bits per heavy atom. The van der Waals surface area contributed by atoms with Gasteiger partial charge in [0.15, 0.2) is 0 Å². The summed E-state index contributed by atoms with van der Waals surface area (Å²) < 4.78 is 43.3. The largest absolute Gasteiger partial charge is 0.394 e. The number of aliphatic hydroxyl groups is 2. The molecule has 1 aliphatic heterocycles. The van der Waals surface area contributed by atoms with Gasteiger partial charge in [0.2, 0.25) is 11.8 Å². The number of hydrogen-bond donors (Lipinski definition) is 3. The number of carbonyl (C=O) groups is 2. The third-order valence-electron chi connectivity index (χ3n) is 7.42. The maximum absolute atomic E-state index is 14.2. The lowest BCUT2D eigenvalue weighted by Crippen LogP contribution is -2.50. The Hall–Kier alpha value is -3.77. The highest BCUT2D eigenvalue weighted by Gasteiger charge is 2.43. The van der Waals surface area contributed by atoms with Crippen LogP contribution in [0.4, 0.5) is 13.2 Å². The number of aromatic nitrogens is 3. The minimum Gasteiger partial charge on any atom is -0.394 e. The molecule has 4 rings (SSSR count). The van der Waals surface area contributed by atoms with Crippen LogP contribution in [0.5, 0.6) is 0 Å². The summed E-state index contributed by atoms with van der Waals surface area (Å²) in [4.78, 5) is 28.6. The zero-order chi connectivity index (χ0) is 30.9. The van der Waals surface area contributed by atoms with E-state index in [4.69, 9.17) is 0 Å². The van der Waals surface area contributed by atoms with Crippen molar-refractivity contribution in [1.29, 1.82) is 0 Å². The number of β-amino-alcohol motifs (C(OH)–C–C–N with tert-alkyl or cyclic N) is 1. The van der Waals surface area contributed by atoms with Crippen molar-refractivity contribution < 1.29 is 33.0 Å². The van der Waals surface area contributed by atoms with Gasteiger partial charge in [0, 0.05) is 36.7 Å². The quantitative estimate of drug-likeness (QED) is 0.370. The first-order valence-corrected chi connectivity index (χ1v) is 13.8. The number of aliphatic hydroxyl groups excluding tert-OH is 2. The predicted octanol–water partition coefficient (Wildman–Crippen LogP) is 3.67. The van der Waals surface area contributed by atoms with Gasteiger partial charge in [-0.2, -0.15) is 0 Å². The highest BCUT2D eigenvalue weighted by atomic mass is 19.1. The van der Waals surface area contributed by atoms with Crippen LogP contribution in [-0.2, 0) is 15.0 Å². The number of hydrogen-bond acceptors (Lipinski definition) is 6. The van der Waals surface area contributed by atoms with Crippen molar-refractivity contribution in [2.45, 2.75) is 70.7 Å². The molecule has 0 aliphatic carbocycles. The third-order valence-corrected chi connectivity index (χ3v) is 7.42. The maximum Gasteiger partial charge on any atom is 0.248 e. The van der Waals surface area contributed by atoms with Gasteiger partial charge >= 0.3 is 0 Å². The standard InChI is InChI=1S/C30H36F3N5O4/c1-16(2)27(38-14-25(35-36-38)30(3,4)5)29(42)37-13-20(40)12-24(37)28(41)34-23(15-39)17-6-8-18(9-7-17)26-21(32)10-19(31)11-22(26)33/h6-11,14,16,20,23-24,27,39-40H,12-13,15H2,1-5H3,(H,34,41)/t20-,23+,24+,27+/m1/s1. The molecule has 1 fully saturated rings. The summed E-state index contributed by atoms with van der Waals surface area (Å²) in [6.07, 6.45) is 0.803. The molecule has 1 aliphatic rings. The van der Waals surface area contributed by atoms with E-state index in [9.17, 15) is 33.0 Å². The molecule has 2 heterocycles. The Morgan fingerprint density at radius 3 is 2.24 bits per heavy atom. The van der Waals surface area contributed by atoms with Crippen molar-refractivity contribution >= 4 is 11.8 Å². The maximum atomic E-state index is 14.2. The molecule has 4 atom stereocenters. The third kappa shape index (κ3) is 6.49. The van der Waals surface area contributed by atoms with Crippen LogP contribution in [0.15, 0.2) is 42.6 Å². The summed E-state index contributed by atoms with van der Waals surface area (Å²) in [5, 5.41) is 31.6. The fraction of sp³-hybridized carbons (Fsp3) is 0.467. The van der Waals surface area contributed by atoms with Crippen molar-refractivity contribution in [2.24, 2.45) is 5.92 Å². The average Bonchev–Trinajstić information content (AvgIpc) is 3.54. The first-order chi connectivity index (χ1) is 19.7. The number of halogens is 3. The number of amides is 2. The molecule has 1 aromatic heterocycles. The van der Waals surface area contributed by atoms with Crippen molar-refractivity contribution in [1.82, 2.24) is 25.2 Å². The molecule has 0 spiro atoms. The predicted molar refractivity (Wildman–Crippen MR) is 148 cm³/mol.